The number of fused-ring (bicyclic) bond motifs is 1. The number of piperidine rings is 1. The van der Waals surface area contributed by atoms with E-state index in [0.717, 1.165) is 62.5 Å². The lowest BCUT2D eigenvalue weighted by molar-refractivity contribution is -0.134. The van der Waals surface area contributed by atoms with Gasteiger partial charge in [0.15, 0.2) is 11.5 Å². The predicted octanol–water partition coefficient (Wildman–Crippen LogP) is 2.02. The van der Waals surface area contributed by atoms with Gasteiger partial charge in [0.05, 0.1) is 19.8 Å². The average molecular weight is 414 g/mol. The molecular formula is C23H31N3O4. The summed E-state index contributed by atoms with van der Waals surface area (Å²) in [6.45, 7) is 6.33. The van der Waals surface area contributed by atoms with E-state index < -0.39 is 0 Å². The van der Waals surface area contributed by atoms with Crippen molar-refractivity contribution in [3.05, 3.63) is 29.8 Å². The molecule has 30 heavy (non-hydrogen) atoms. The highest BCUT2D eigenvalue weighted by atomic mass is 16.5. The minimum Gasteiger partial charge on any atom is -0.490 e. The van der Waals surface area contributed by atoms with Crippen molar-refractivity contribution < 1.29 is 19.1 Å². The van der Waals surface area contributed by atoms with Crippen molar-refractivity contribution in [1.82, 2.24) is 14.7 Å². The zero-order valence-electron chi connectivity index (χ0n) is 17.6. The van der Waals surface area contributed by atoms with Crippen LogP contribution in [-0.2, 0) is 9.59 Å². The van der Waals surface area contributed by atoms with Crippen molar-refractivity contribution in [2.24, 2.45) is 0 Å². The number of carbonyl (C=O) groups is 2. The molecule has 7 nitrogen and oxygen atoms in total. The van der Waals surface area contributed by atoms with Crippen molar-refractivity contribution in [3.63, 3.8) is 0 Å². The standard InChI is InChI=1S/C23H31N3O4/c27-22(8-6-19-5-7-20-21(17-19)30-16-4-15-29-20)26-13-11-24(12-14-26)18-23(28)25-9-2-1-3-10-25/h5-8,17H,1-4,9-16,18H2. The van der Waals surface area contributed by atoms with Gasteiger partial charge in [-0.1, -0.05) is 6.07 Å². The third kappa shape index (κ3) is 5.33. The molecule has 2 amide bonds. The van der Waals surface area contributed by atoms with E-state index in [4.69, 9.17) is 9.47 Å². The normalized spacial score (nSPS) is 20.3. The molecular weight excluding hydrogens is 382 g/mol. The zero-order valence-corrected chi connectivity index (χ0v) is 17.6. The predicted molar refractivity (Wildman–Crippen MR) is 115 cm³/mol. The van der Waals surface area contributed by atoms with Crippen LogP contribution in [0.3, 0.4) is 0 Å². The molecule has 3 aliphatic heterocycles. The van der Waals surface area contributed by atoms with Crippen molar-refractivity contribution >= 4 is 17.9 Å². The van der Waals surface area contributed by atoms with Crippen LogP contribution in [0.2, 0.25) is 0 Å². The monoisotopic (exact) mass is 413 g/mol. The SMILES string of the molecule is O=C(C=Cc1ccc2c(c1)OCCCO2)N1CCN(CC(=O)N2CCCCC2)CC1. The Kier molecular flexibility index (Phi) is 6.89. The summed E-state index contributed by atoms with van der Waals surface area (Å²) in [4.78, 5) is 31.0. The minimum atomic E-state index is 0.00381. The summed E-state index contributed by atoms with van der Waals surface area (Å²) in [5.74, 6) is 1.72. The molecule has 0 N–H and O–H groups in total. The zero-order chi connectivity index (χ0) is 20.8. The fraction of sp³-hybridized carbons (Fsp3) is 0.565. The Morgan fingerprint density at radius 3 is 2.33 bits per heavy atom. The lowest BCUT2D eigenvalue weighted by atomic mass is 10.1. The topological polar surface area (TPSA) is 62.3 Å². The van der Waals surface area contributed by atoms with Gasteiger partial charge in [0.2, 0.25) is 11.8 Å². The van der Waals surface area contributed by atoms with Crippen LogP contribution >= 0.6 is 0 Å². The molecule has 3 heterocycles. The second-order valence-electron chi connectivity index (χ2n) is 8.13. The van der Waals surface area contributed by atoms with E-state index in [-0.39, 0.29) is 11.8 Å². The fourth-order valence-corrected chi connectivity index (χ4v) is 4.12. The number of rotatable bonds is 4. The maximum atomic E-state index is 12.6. The van der Waals surface area contributed by atoms with Crippen LogP contribution in [-0.4, -0.2) is 85.5 Å². The number of carbonyl (C=O) groups excluding carboxylic acids is 2. The van der Waals surface area contributed by atoms with E-state index in [1.807, 2.05) is 34.1 Å². The third-order valence-corrected chi connectivity index (χ3v) is 5.94. The molecule has 0 radical (unpaired) electrons. The van der Waals surface area contributed by atoms with Crippen LogP contribution in [0.5, 0.6) is 11.5 Å². The minimum absolute atomic E-state index is 0.00381. The number of ether oxygens (including phenoxy) is 2. The number of amides is 2. The van der Waals surface area contributed by atoms with Gasteiger partial charge in [-0.25, -0.2) is 0 Å². The summed E-state index contributed by atoms with van der Waals surface area (Å²) >= 11 is 0. The molecule has 2 fully saturated rings. The number of nitrogens with zero attached hydrogens (tertiary/aromatic N) is 3. The van der Waals surface area contributed by atoms with Gasteiger partial charge < -0.3 is 19.3 Å². The molecule has 4 rings (SSSR count). The van der Waals surface area contributed by atoms with Crippen molar-refractivity contribution in [1.29, 1.82) is 0 Å². The summed E-state index contributed by atoms with van der Waals surface area (Å²) in [5.41, 5.74) is 0.915. The molecule has 7 heteroatoms. The van der Waals surface area contributed by atoms with Crippen LogP contribution in [0.25, 0.3) is 6.08 Å². The largest absolute Gasteiger partial charge is 0.490 e. The Bertz CT molecular complexity index is 781. The highest BCUT2D eigenvalue weighted by molar-refractivity contribution is 5.92. The highest BCUT2D eigenvalue weighted by Crippen LogP contribution is 2.30. The average Bonchev–Trinajstić information content (AvgIpc) is 3.03. The van der Waals surface area contributed by atoms with E-state index in [2.05, 4.69) is 4.90 Å². The van der Waals surface area contributed by atoms with Crippen LogP contribution in [0, 0.1) is 0 Å². The quantitative estimate of drug-likeness (QED) is 0.707. The lowest BCUT2D eigenvalue weighted by Gasteiger charge is -2.35. The van der Waals surface area contributed by atoms with Crippen molar-refractivity contribution in [2.45, 2.75) is 25.7 Å². The molecule has 3 aliphatic rings. The number of likely N-dealkylation sites (tertiary alicyclic amines) is 1. The van der Waals surface area contributed by atoms with E-state index in [0.29, 0.717) is 32.8 Å². The van der Waals surface area contributed by atoms with Crippen molar-refractivity contribution in [3.8, 4) is 11.5 Å². The van der Waals surface area contributed by atoms with Gasteiger partial charge in [-0.15, -0.1) is 0 Å². The van der Waals surface area contributed by atoms with Gasteiger partial charge in [-0.05, 0) is 43.0 Å². The highest BCUT2D eigenvalue weighted by Gasteiger charge is 2.24. The van der Waals surface area contributed by atoms with Crippen LogP contribution in [0.15, 0.2) is 24.3 Å². The first-order valence-corrected chi connectivity index (χ1v) is 11.1. The molecule has 0 saturated carbocycles. The molecule has 0 spiro atoms. The van der Waals surface area contributed by atoms with E-state index >= 15 is 0 Å². The Morgan fingerprint density at radius 1 is 0.833 bits per heavy atom. The smallest absolute Gasteiger partial charge is 0.246 e. The summed E-state index contributed by atoms with van der Waals surface area (Å²) < 4.78 is 11.4. The fourth-order valence-electron chi connectivity index (χ4n) is 4.12. The molecule has 1 aromatic carbocycles. The number of benzene rings is 1. The molecule has 0 aliphatic carbocycles. The third-order valence-electron chi connectivity index (χ3n) is 5.94. The van der Waals surface area contributed by atoms with Gasteiger partial charge in [0, 0.05) is 51.8 Å². The molecule has 0 unspecified atom stereocenters. The van der Waals surface area contributed by atoms with Gasteiger partial charge in [0.25, 0.3) is 0 Å². The van der Waals surface area contributed by atoms with E-state index in [1.54, 1.807) is 6.08 Å². The maximum absolute atomic E-state index is 12.6. The first-order valence-electron chi connectivity index (χ1n) is 11.1. The Morgan fingerprint density at radius 2 is 1.57 bits per heavy atom. The second kappa shape index (κ2) is 9.98. The van der Waals surface area contributed by atoms with Crippen molar-refractivity contribution in [2.75, 3.05) is 59.0 Å². The van der Waals surface area contributed by atoms with Crippen LogP contribution < -0.4 is 9.47 Å². The lowest BCUT2D eigenvalue weighted by Crippen LogP contribution is -2.51. The van der Waals surface area contributed by atoms with E-state index in [9.17, 15) is 9.59 Å². The molecule has 2 saturated heterocycles. The number of hydrogen-bond acceptors (Lipinski definition) is 5. The Balaban J connectivity index is 1.25. The summed E-state index contributed by atoms with van der Waals surface area (Å²) in [7, 11) is 0. The summed E-state index contributed by atoms with van der Waals surface area (Å²) in [5, 5.41) is 0. The summed E-state index contributed by atoms with van der Waals surface area (Å²) in [6.07, 6.45) is 7.77. The van der Waals surface area contributed by atoms with Gasteiger partial charge >= 0.3 is 0 Å². The van der Waals surface area contributed by atoms with E-state index in [1.165, 1.54) is 6.42 Å². The molecule has 1 aromatic rings. The maximum Gasteiger partial charge on any atom is 0.246 e. The molecule has 162 valence electrons. The number of piperazine rings is 1. The Hall–Kier alpha value is -2.54. The number of hydrogen-bond donors (Lipinski definition) is 0. The summed E-state index contributed by atoms with van der Waals surface area (Å²) in [6, 6.07) is 5.74. The van der Waals surface area contributed by atoms with Gasteiger partial charge in [-0.2, -0.15) is 0 Å². The molecule has 0 aromatic heterocycles. The molecule has 0 atom stereocenters. The first-order chi connectivity index (χ1) is 14.7. The molecule has 0 bridgehead atoms. The van der Waals surface area contributed by atoms with Gasteiger partial charge in [-0.3, -0.25) is 14.5 Å². The van der Waals surface area contributed by atoms with Crippen LogP contribution in [0.1, 0.15) is 31.2 Å². The van der Waals surface area contributed by atoms with Crippen LogP contribution in [0.4, 0.5) is 0 Å². The Labute approximate surface area is 178 Å². The van der Waals surface area contributed by atoms with Gasteiger partial charge in [0.1, 0.15) is 0 Å². The second-order valence-corrected chi connectivity index (χ2v) is 8.13. The first kappa shape index (κ1) is 20.7.